The van der Waals surface area contributed by atoms with Crippen LogP contribution in [0.15, 0.2) is 18.5 Å². The van der Waals surface area contributed by atoms with Gasteiger partial charge in [-0.1, -0.05) is 0 Å². The minimum atomic E-state index is 0. The minimum Gasteiger partial charge on any atom is -0.350 e. The van der Waals surface area contributed by atoms with E-state index >= 15 is 0 Å². The molecule has 0 radical (unpaired) electrons. The molecule has 2 heterocycles. The molecule has 0 aliphatic carbocycles. The topological polar surface area (TPSA) is 59.0 Å². The number of aromatic nitrogens is 2. The van der Waals surface area contributed by atoms with Crippen LogP contribution in [0, 0.1) is 0 Å². The summed E-state index contributed by atoms with van der Waals surface area (Å²) in [4.78, 5) is 11.6. The lowest BCUT2D eigenvalue weighted by molar-refractivity contribution is -0.122. The van der Waals surface area contributed by atoms with Crippen molar-refractivity contribution in [1.82, 2.24) is 20.4 Å². The predicted molar refractivity (Wildman–Crippen MR) is 70.8 cm³/mol. The van der Waals surface area contributed by atoms with Crippen molar-refractivity contribution in [1.29, 1.82) is 0 Å². The Bertz CT molecular complexity index is 312. The van der Waals surface area contributed by atoms with Crippen LogP contribution in [-0.2, 0) is 11.3 Å². The monoisotopic (exact) mass is 280 g/mol. The van der Waals surface area contributed by atoms with E-state index in [0.717, 1.165) is 25.9 Å². The van der Waals surface area contributed by atoms with Gasteiger partial charge < -0.3 is 10.6 Å². The zero-order chi connectivity index (χ0) is 10.5. The molecule has 1 aromatic heterocycles. The number of nitrogens with one attached hydrogen (secondary N) is 2. The van der Waals surface area contributed by atoms with Gasteiger partial charge in [-0.15, -0.1) is 24.8 Å². The number of amides is 1. The normalized spacial score (nSPS) is 18.7. The molecule has 0 saturated carbocycles. The molecule has 17 heavy (non-hydrogen) atoms. The van der Waals surface area contributed by atoms with Crippen LogP contribution in [0.5, 0.6) is 0 Å². The van der Waals surface area contributed by atoms with Gasteiger partial charge in [0.05, 0.1) is 0 Å². The summed E-state index contributed by atoms with van der Waals surface area (Å²) in [7, 11) is 0. The van der Waals surface area contributed by atoms with Gasteiger partial charge in [0.2, 0.25) is 5.91 Å². The lowest BCUT2D eigenvalue weighted by atomic mass is 10.1. The van der Waals surface area contributed by atoms with Gasteiger partial charge in [-0.3, -0.25) is 9.48 Å². The number of hydrogen-bond acceptors (Lipinski definition) is 3. The van der Waals surface area contributed by atoms with Crippen LogP contribution in [0.25, 0.3) is 0 Å². The van der Waals surface area contributed by atoms with E-state index in [1.165, 1.54) is 0 Å². The maximum absolute atomic E-state index is 11.6. The van der Waals surface area contributed by atoms with Crippen molar-refractivity contribution in [2.24, 2.45) is 0 Å². The summed E-state index contributed by atoms with van der Waals surface area (Å²) >= 11 is 0. The smallest absolute Gasteiger partial charge is 0.241 e. The highest BCUT2D eigenvalue weighted by molar-refractivity contribution is 5.85. The van der Waals surface area contributed by atoms with Crippen LogP contribution in [-0.4, -0.2) is 34.8 Å². The van der Waals surface area contributed by atoms with Gasteiger partial charge >= 0.3 is 0 Å². The Kier molecular flexibility index (Phi) is 7.95. The summed E-state index contributed by atoms with van der Waals surface area (Å²) < 4.78 is 1.63. The number of halogens is 2. The fraction of sp³-hybridized carbons (Fsp3) is 0.600. The molecule has 1 saturated heterocycles. The number of carbonyl (C=O) groups is 1. The Morgan fingerprint density at radius 2 is 2.35 bits per heavy atom. The number of rotatable bonds is 3. The maximum Gasteiger partial charge on any atom is 0.241 e. The lowest BCUT2D eigenvalue weighted by Crippen LogP contribution is -2.46. The first-order chi connectivity index (χ1) is 7.34. The molecule has 2 rings (SSSR count). The van der Waals surface area contributed by atoms with E-state index < -0.39 is 0 Å². The van der Waals surface area contributed by atoms with Crippen LogP contribution in [0.4, 0.5) is 0 Å². The van der Waals surface area contributed by atoms with Gasteiger partial charge in [-0.2, -0.15) is 5.10 Å². The highest BCUT2D eigenvalue weighted by Gasteiger charge is 2.15. The van der Waals surface area contributed by atoms with Crippen molar-refractivity contribution < 1.29 is 4.79 Å². The Morgan fingerprint density at radius 3 is 2.94 bits per heavy atom. The molecule has 0 aromatic carbocycles. The molecule has 0 unspecified atom stereocenters. The van der Waals surface area contributed by atoms with E-state index in [4.69, 9.17) is 0 Å². The standard InChI is InChI=1S/C10H16N4O.2ClH/c15-10(8-14-6-2-5-12-14)13-9-3-1-4-11-7-9;;/h2,5-6,9,11H,1,3-4,7-8H2,(H,13,15);2*1H/t9-;;/m0../s1. The quantitative estimate of drug-likeness (QED) is 0.852. The highest BCUT2D eigenvalue weighted by Crippen LogP contribution is 2.00. The highest BCUT2D eigenvalue weighted by atomic mass is 35.5. The average molecular weight is 281 g/mol. The van der Waals surface area contributed by atoms with Crippen molar-refractivity contribution in [2.45, 2.75) is 25.4 Å². The summed E-state index contributed by atoms with van der Waals surface area (Å²) in [5, 5.41) is 10.2. The van der Waals surface area contributed by atoms with Gasteiger partial charge in [-0.05, 0) is 25.5 Å². The van der Waals surface area contributed by atoms with Gasteiger partial charge in [0.15, 0.2) is 0 Å². The average Bonchev–Trinajstić information content (AvgIpc) is 2.71. The molecule has 1 aliphatic rings. The largest absolute Gasteiger partial charge is 0.350 e. The molecular formula is C10H18Cl2N4O. The fourth-order valence-electron chi connectivity index (χ4n) is 1.79. The van der Waals surface area contributed by atoms with Crippen molar-refractivity contribution in [3.8, 4) is 0 Å². The third-order valence-corrected chi connectivity index (χ3v) is 2.53. The van der Waals surface area contributed by atoms with Crippen LogP contribution >= 0.6 is 24.8 Å². The van der Waals surface area contributed by atoms with Crippen LogP contribution < -0.4 is 10.6 Å². The number of carbonyl (C=O) groups excluding carboxylic acids is 1. The molecule has 7 heteroatoms. The lowest BCUT2D eigenvalue weighted by Gasteiger charge is -2.23. The van der Waals surface area contributed by atoms with E-state index in [1.54, 1.807) is 17.1 Å². The molecular weight excluding hydrogens is 263 g/mol. The maximum atomic E-state index is 11.6. The van der Waals surface area contributed by atoms with E-state index in [2.05, 4.69) is 15.7 Å². The predicted octanol–water partition coefficient (Wildman–Crippen LogP) is 0.595. The second-order valence-electron chi connectivity index (χ2n) is 3.81. The fourth-order valence-corrected chi connectivity index (χ4v) is 1.79. The molecule has 1 aliphatic heterocycles. The Balaban J connectivity index is 0.00000128. The molecule has 5 nitrogen and oxygen atoms in total. The molecule has 2 N–H and O–H groups in total. The van der Waals surface area contributed by atoms with Crippen LogP contribution in [0.2, 0.25) is 0 Å². The van der Waals surface area contributed by atoms with E-state index in [0.29, 0.717) is 6.54 Å². The van der Waals surface area contributed by atoms with Gasteiger partial charge in [0.1, 0.15) is 6.54 Å². The Hall–Kier alpha value is -0.780. The van der Waals surface area contributed by atoms with Crippen LogP contribution in [0.1, 0.15) is 12.8 Å². The van der Waals surface area contributed by atoms with Crippen molar-refractivity contribution in [3.05, 3.63) is 18.5 Å². The van der Waals surface area contributed by atoms with Crippen molar-refractivity contribution >= 4 is 30.7 Å². The first-order valence-corrected chi connectivity index (χ1v) is 5.32. The van der Waals surface area contributed by atoms with Gasteiger partial charge in [0, 0.05) is 25.0 Å². The Labute approximate surface area is 113 Å². The number of nitrogens with zero attached hydrogens (tertiary/aromatic N) is 2. The molecule has 98 valence electrons. The summed E-state index contributed by atoms with van der Waals surface area (Å²) in [6, 6.07) is 2.09. The van der Waals surface area contributed by atoms with Crippen molar-refractivity contribution in [3.63, 3.8) is 0 Å². The molecule has 1 amide bonds. The minimum absolute atomic E-state index is 0. The van der Waals surface area contributed by atoms with E-state index in [-0.39, 0.29) is 36.8 Å². The summed E-state index contributed by atoms with van der Waals surface area (Å²) in [6.07, 6.45) is 5.67. The van der Waals surface area contributed by atoms with Crippen molar-refractivity contribution in [2.75, 3.05) is 13.1 Å². The van der Waals surface area contributed by atoms with E-state index in [1.807, 2.05) is 6.07 Å². The second kappa shape index (κ2) is 8.33. The zero-order valence-electron chi connectivity index (χ0n) is 9.46. The zero-order valence-corrected chi connectivity index (χ0v) is 11.1. The molecule has 1 fully saturated rings. The SMILES string of the molecule is Cl.Cl.O=C(Cn1cccn1)N[C@H]1CCCNC1. The molecule has 0 bridgehead atoms. The molecule has 0 spiro atoms. The summed E-state index contributed by atoms with van der Waals surface area (Å²) in [6.45, 7) is 2.25. The molecule has 1 atom stereocenters. The molecule has 1 aromatic rings. The third kappa shape index (κ3) is 5.39. The third-order valence-electron chi connectivity index (χ3n) is 2.53. The first-order valence-electron chi connectivity index (χ1n) is 5.32. The number of hydrogen-bond donors (Lipinski definition) is 2. The Morgan fingerprint density at radius 1 is 1.53 bits per heavy atom. The van der Waals surface area contributed by atoms with Gasteiger partial charge in [-0.25, -0.2) is 0 Å². The van der Waals surface area contributed by atoms with Gasteiger partial charge in [0.25, 0.3) is 0 Å². The van der Waals surface area contributed by atoms with E-state index in [9.17, 15) is 4.79 Å². The summed E-state index contributed by atoms with van der Waals surface area (Å²) in [5.41, 5.74) is 0. The number of piperidine rings is 1. The van der Waals surface area contributed by atoms with Crippen LogP contribution in [0.3, 0.4) is 0 Å². The second-order valence-corrected chi connectivity index (χ2v) is 3.81. The first kappa shape index (κ1) is 16.2. The summed E-state index contributed by atoms with van der Waals surface area (Å²) in [5.74, 6) is 0.0346.